The van der Waals surface area contributed by atoms with Gasteiger partial charge in [-0.25, -0.2) is 4.39 Å². The Morgan fingerprint density at radius 1 is 1.11 bits per heavy atom. The molecule has 1 atom stereocenters. The Morgan fingerprint density at radius 3 is 2.54 bits per heavy atom. The summed E-state index contributed by atoms with van der Waals surface area (Å²) in [5.74, 6) is 0.503. The molecular weight excluding hydrogens is 375 g/mol. The van der Waals surface area contributed by atoms with Crippen LogP contribution in [0.15, 0.2) is 48.5 Å². The topological polar surface area (TPSA) is 58.2 Å². The first-order valence-electron chi connectivity index (χ1n) is 9.35. The molecule has 0 aliphatic heterocycles. The molecule has 2 amide bonds. The van der Waals surface area contributed by atoms with Gasteiger partial charge in [0.05, 0.1) is 0 Å². The molecule has 0 aromatic heterocycles. The minimum Gasteiger partial charge on any atom is -0.353 e. The van der Waals surface area contributed by atoms with Crippen LogP contribution in [0, 0.1) is 18.7 Å². The van der Waals surface area contributed by atoms with E-state index in [4.69, 9.17) is 0 Å². The lowest BCUT2D eigenvalue weighted by atomic mass is 10.0. The Kier molecular flexibility index (Phi) is 8.51. The van der Waals surface area contributed by atoms with Crippen molar-refractivity contribution in [2.45, 2.75) is 32.6 Å². The highest BCUT2D eigenvalue weighted by atomic mass is 32.2. The molecule has 6 heteroatoms. The van der Waals surface area contributed by atoms with E-state index in [9.17, 15) is 14.0 Å². The zero-order valence-electron chi connectivity index (χ0n) is 16.5. The van der Waals surface area contributed by atoms with Crippen LogP contribution in [0.2, 0.25) is 0 Å². The summed E-state index contributed by atoms with van der Waals surface area (Å²) in [5, 5.41) is 5.69. The molecule has 2 aromatic carbocycles. The first-order valence-corrected chi connectivity index (χ1v) is 10.5. The van der Waals surface area contributed by atoms with Gasteiger partial charge in [0, 0.05) is 23.6 Å². The SMILES string of the molecule is Cc1cccc(C(=O)NC(C(=O)NCCSCc2ccccc2F)C(C)C)c1. The molecule has 0 saturated carbocycles. The zero-order chi connectivity index (χ0) is 20.5. The molecule has 150 valence electrons. The molecule has 0 bridgehead atoms. The first-order chi connectivity index (χ1) is 13.4. The summed E-state index contributed by atoms with van der Waals surface area (Å²) in [6, 6.07) is 13.3. The fourth-order valence-electron chi connectivity index (χ4n) is 2.70. The van der Waals surface area contributed by atoms with Crippen LogP contribution >= 0.6 is 11.8 Å². The molecule has 2 aromatic rings. The largest absolute Gasteiger partial charge is 0.353 e. The summed E-state index contributed by atoms with van der Waals surface area (Å²) < 4.78 is 13.6. The van der Waals surface area contributed by atoms with Crippen molar-refractivity contribution in [2.24, 2.45) is 5.92 Å². The lowest BCUT2D eigenvalue weighted by Crippen LogP contribution is -2.50. The van der Waals surface area contributed by atoms with E-state index in [0.29, 0.717) is 29.2 Å². The normalized spacial score (nSPS) is 11.9. The molecule has 0 spiro atoms. The minimum atomic E-state index is -0.607. The number of thioether (sulfide) groups is 1. The summed E-state index contributed by atoms with van der Waals surface area (Å²) >= 11 is 1.55. The van der Waals surface area contributed by atoms with Gasteiger partial charge in [0.1, 0.15) is 11.9 Å². The Labute approximate surface area is 170 Å². The molecule has 0 fully saturated rings. The smallest absolute Gasteiger partial charge is 0.251 e. The van der Waals surface area contributed by atoms with Crippen LogP contribution in [0.4, 0.5) is 4.39 Å². The van der Waals surface area contributed by atoms with Crippen molar-refractivity contribution >= 4 is 23.6 Å². The number of benzene rings is 2. The van der Waals surface area contributed by atoms with Crippen molar-refractivity contribution in [1.29, 1.82) is 0 Å². The lowest BCUT2D eigenvalue weighted by Gasteiger charge is -2.22. The third-order valence-electron chi connectivity index (χ3n) is 4.28. The molecule has 0 aliphatic carbocycles. The van der Waals surface area contributed by atoms with Crippen molar-refractivity contribution < 1.29 is 14.0 Å². The monoisotopic (exact) mass is 402 g/mol. The number of nitrogens with one attached hydrogen (secondary N) is 2. The molecule has 0 aliphatic rings. The van der Waals surface area contributed by atoms with Crippen LogP contribution in [-0.2, 0) is 10.5 Å². The average Bonchev–Trinajstić information content (AvgIpc) is 2.66. The van der Waals surface area contributed by atoms with Crippen LogP contribution < -0.4 is 10.6 Å². The van der Waals surface area contributed by atoms with Crippen molar-refractivity contribution in [1.82, 2.24) is 10.6 Å². The maximum atomic E-state index is 13.6. The Hall–Kier alpha value is -2.34. The van der Waals surface area contributed by atoms with Crippen molar-refractivity contribution in [2.75, 3.05) is 12.3 Å². The minimum absolute atomic E-state index is 0.0418. The molecule has 1 unspecified atom stereocenters. The molecule has 2 N–H and O–H groups in total. The zero-order valence-corrected chi connectivity index (χ0v) is 17.3. The number of rotatable bonds is 9. The van der Waals surface area contributed by atoms with Crippen LogP contribution in [0.3, 0.4) is 0 Å². The highest BCUT2D eigenvalue weighted by molar-refractivity contribution is 7.98. The van der Waals surface area contributed by atoms with Gasteiger partial charge in [-0.15, -0.1) is 0 Å². The second-order valence-electron chi connectivity index (χ2n) is 7.00. The third kappa shape index (κ3) is 6.68. The van der Waals surface area contributed by atoms with E-state index in [0.717, 1.165) is 5.56 Å². The van der Waals surface area contributed by atoms with Gasteiger partial charge < -0.3 is 10.6 Å². The number of carbonyl (C=O) groups is 2. The van der Waals surface area contributed by atoms with Crippen LogP contribution in [0.5, 0.6) is 0 Å². The number of halogens is 1. The predicted molar refractivity (Wildman–Crippen MR) is 113 cm³/mol. The summed E-state index contributed by atoms with van der Waals surface area (Å²) in [5.41, 5.74) is 2.19. The number of amides is 2. The summed E-state index contributed by atoms with van der Waals surface area (Å²) in [4.78, 5) is 25.0. The van der Waals surface area contributed by atoms with Gasteiger partial charge >= 0.3 is 0 Å². The lowest BCUT2D eigenvalue weighted by molar-refractivity contribution is -0.123. The Balaban J connectivity index is 1.80. The Bertz CT molecular complexity index is 811. The molecule has 28 heavy (non-hydrogen) atoms. The second-order valence-corrected chi connectivity index (χ2v) is 8.10. The fraction of sp³-hybridized carbons (Fsp3) is 0.364. The fourth-order valence-corrected chi connectivity index (χ4v) is 3.54. The highest BCUT2D eigenvalue weighted by Gasteiger charge is 2.24. The first kappa shape index (κ1) is 22.0. The maximum Gasteiger partial charge on any atom is 0.251 e. The predicted octanol–water partition coefficient (Wildman–Crippen LogP) is 3.94. The van der Waals surface area contributed by atoms with Gasteiger partial charge in [0.15, 0.2) is 0 Å². The van der Waals surface area contributed by atoms with Gasteiger partial charge in [-0.2, -0.15) is 11.8 Å². The highest BCUT2D eigenvalue weighted by Crippen LogP contribution is 2.15. The number of hydrogen-bond acceptors (Lipinski definition) is 3. The molecule has 0 radical (unpaired) electrons. The van der Waals surface area contributed by atoms with E-state index >= 15 is 0 Å². The van der Waals surface area contributed by atoms with E-state index in [-0.39, 0.29) is 23.5 Å². The molecule has 2 rings (SSSR count). The molecular formula is C22H27FN2O2S. The standard InChI is InChI=1S/C22H27FN2O2S/c1-15(2)20(25-21(26)17-9-6-7-16(3)13-17)22(27)24-11-12-28-14-18-8-4-5-10-19(18)23/h4-10,13,15,20H,11-12,14H2,1-3H3,(H,24,27)(H,25,26). The van der Waals surface area contributed by atoms with Crippen LogP contribution in [0.1, 0.15) is 35.3 Å². The van der Waals surface area contributed by atoms with E-state index in [1.54, 1.807) is 36.0 Å². The number of hydrogen-bond donors (Lipinski definition) is 2. The maximum absolute atomic E-state index is 13.6. The second kappa shape index (κ2) is 10.9. The third-order valence-corrected chi connectivity index (χ3v) is 5.28. The van der Waals surface area contributed by atoms with Crippen molar-refractivity contribution in [3.05, 3.63) is 71.0 Å². The molecule has 0 saturated heterocycles. The van der Waals surface area contributed by atoms with E-state index in [2.05, 4.69) is 10.6 Å². The van der Waals surface area contributed by atoms with Gasteiger partial charge in [-0.3, -0.25) is 9.59 Å². The van der Waals surface area contributed by atoms with Crippen LogP contribution in [-0.4, -0.2) is 30.2 Å². The van der Waals surface area contributed by atoms with Gasteiger partial charge in [0.2, 0.25) is 5.91 Å². The quantitative estimate of drug-likeness (QED) is 0.625. The van der Waals surface area contributed by atoms with Gasteiger partial charge in [0.25, 0.3) is 5.91 Å². The summed E-state index contributed by atoms with van der Waals surface area (Å²) in [6.45, 7) is 6.17. The van der Waals surface area contributed by atoms with Gasteiger partial charge in [-0.05, 0) is 36.6 Å². The van der Waals surface area contributed by atoms with Crippen LogP contribution in [0.25, 0.3) is 0 Å². The molecule has 4 nitrogen and oxygen atoms in total. The van der Waals surface area contributed by atoms with E-state index < -0.39 is 6.04 Å². The summed E-state index contributed by atoms with van der Waals surface area (Å²) in [6.07, 6.45) is 0. The van der Waals surface area contributed by atoms with E-state index in [1.807, 2.05) is 39.0 Å². The molecule has 0 heterocycles. The number of carbonyl (C=O) groups excluding carboxylic acids is 2. The van der Waals surface area contributed by atoms with Gasteiger partial charge in [-0.1, -0.05) is 49.7 Å². The summed E-state index contributed by atoms with van der Waals surface area (Å²) in [7, 11) is 0. The number of aryl methyl sites for hydroxylation is 1. The van der Waals surface area contributed by atoms with Crippen molar-refractivity contribution in [3.63, 3.8) is 0 Å². The van der Waals surface area contributed by atoms with Crippen molar-refractivity contribution in [3.8, 4) is 0 Å². The average molecular weight is 403 g/mol. The Morgan fingerprint density at radius 2 is 1.86 bits per heavy atom. The van der Waals surface area contributed by atoms with E-state index in [1.165, 1.54) is 6.07 Å².